The molecule has 5 nitrogen and oxygen atoms in total. The van der Waals surface area contributed by atoms with Gasteiger partial charge in [-0.1, -0.05) is 0 Å². The minimum absolute atomic E-state index is 0.594. The van der Waals surface area contributed by atoms with E-state index in [0.717, 1.165) is 49.9 Å². The Kier molecular flexibility index (Phi) is 7.14. The second-order valence-corrected chi connectivity index (χ2v) is 11.0. The Hall–Kier alpha value is -2.91. The van der Waals surface area contributed by atoms with Crippen molar-refractivity contribution in [3.63, 3.8) is 0 Å². The van der Waals surface area contributed by atoms with Gasteiger partial charge in [0.2, 0.25) is 0 Å². The average Bonchev–Trinajstić information content (AvgIpc) is 2.78. The van der Waals surface area contributed by atoms with Gasteiger partial charge in [-0.2, -0.15) is 0 Å². The standard InChI is InChI=1S/C27H33O5P/c1-16-10-22(11-17(2)26(16)31-8)33(28,23-12-18(3)27(32-9)19(4)13-23)25-15-21(29-6)14-24(30-7)20(25)5/h10-15H,1-9H3. The second kappa shape index (κ2) is 9.52. The van der Waals surface area contributed by atoms with Gasteiger partial charge < -0.3 is 23.5 Å². The third-order valence-corrected chi connectivity index (χ3v) is 9.24. The third-order valence-electron chi connectivity index (χ3n) is 6.13. The maximum atomic E-state index is 15.4. The average molecular weight is 469 g/mol. The number of ether oxygens (including phenoxy) is 4. The van der Waals surface area contributed by atoms with Crippen LogP contribution in [0.3, 0.4) is 0 Å². The molecule has 0 fully saturated rings. The molecule has 0 saturated carbocycles. The van der Waals surface area contributed by atoms with Crippen molar-refractivity contribution in [1.82, 2.24) is 0 Å². The zero-order chi connectivity index (χ0) is 24.5. The number of methoxy groups -OCH3 is 4. The molecular formula is C27H33O5P. The van der Waals surface area contributed by atoms with Crippen molar-refractivity contribution in [3.8, 4) is 23.0 Å². The summed E-state index contributed by atoms with van der Waals surface area (Å²) >= 11 is 0. The predicted molar refractivity (Wildman–Crippen MR) is 136 cm³/mol. The van der Waals surface area contributed by atoms with Crippen molar-refractivity contribution in [2.45, 2.75) is 34.6 Å². The first-order chi connectivity index (χ1) is 15.6. The van der Waals surface area contributed by atoms with E-state index in [-0.39, 0.29) is 0 Å². The monoisotopic (exact) mass is 468 g/mol. The summed E-state index contributed by atoms with van der Waals surface area (Å²) in [6.07, 6.45) is 0. The topological polar surface area (TPSA) is 54.0 Å². The molecule has 0 heterocycles. The first kappa shape index (κ1) is 24.7. The summed E-state index contributed by atoms with van der Waals surface area (Å²) in [6.45, 7) is 9.84. The molecule has 0 radical (unpaired) electrons. The van der Waals surface area contributed by atoms with Gasteiger partial charge in [0.05, 0.1) is 28.4 Å². The quantitative estimate of drug-likeness (QED) is 0.462. The Labute approximate surface area is 197 Å². The molecule has 0 spiro atoms. The lowest BCUT2D eigenvalue weighted by molar-refractivity contribution is 0.393. The highest BCUT2D eigenvalue weighted by Crippen LogP contribution is 2.47. The van der Waals surface area contributed by atoms with Crippen LogP contribution in [0.5, 0.6) is 23.0 Å². The maximum Gasteiger partial charge on any atom is 0.171 e. The van der Waals surface area contributed by atoms with Gasteiger partial charge in [0.25, 0.3) is 0 Å². The number of hydrogen-bond donors (Lipinski definition) is 0. The number of rotatable bonds is 7. The van der Waals surface area contributed by atoms with E-state index in [9.17, 15) is 0 Å². The highest BCUT2D eigenvalue weighted by atomic mass is 31.2. The molecule has 0 unspecified atom stereocenters. The highest BCUT2D eigenvalue weighted by Gasteiger charge is 2.35. The van der Waals surface area contributed by atoms with E-state index in [1.807, 2.05) is 71.0 Å². The van der Waals surface area contributed by atoms with Crippen LogP contribution < -0.4 is 34.9 Å². The predicted octanol–water partition coefficient (Wildman–Crippen LogP) is 4.90. The van der Waals surface area contributed by atoms with Crippen LogP contribution in [0.1, 0.15) is 27.8 Å². The number of benzene rings is 3. The van der Waals surface area contributed by atoms with Crippen molar-refractivity contribution in [2.75, 3.05) is 28.4 Å². The molecular weight excluding hydrogens is 435 g/mol. The molecule has 0 amide bonds. The highest BCUT2D eigenvalue weighted by molar-refractivity contribution is 7.85. The summed E-state index contributed by atoms with van der Waals surface area (Å²) in [5.41, 5.74) is 4.55. The summed E-state index contributed by atoms with van der Waals surface area (Å²) in [5, 5.41) is 2.16. The first-order valence-corrected chi connectivity index (χ1v) is 12.5. The molecule has 0 N–H and O–H groups in total. The Morgan fingerprint density at radius 2 is 1.00 bits per heavy atom. The molecule has 6 heteroatoms. The van der Waals surface area contributed by atoms with Gasteiger partial charge in [-0.05, 0) is 87.2 Å². The molecule has 0 aliphatic rings. The minimum atomic E-state index is -3.33. The van der Waals surface area contributed by atoms with E-state index in [1.165, 1.54) is 0 Å². The van der Waals surface area contributed by atoms with E-state index in [2.05, 4.69) is 0 Å². The molecule has 3 aromatic rings. The fourth-order valence-electron chi connectivity index (χ4n) is 4.59. The molecule has 0 saturated heterocycles. The van der Waals surface area contributed by atoms with E-state index in [0.29, 0.717) is 16.8 Å². The Morgan fingerprint density at radius 3 is 1.33 bits per heavy atom. The van der Waals surface area contributed by atoms with Crippen molar-refractivity contribution >= 4 is 23.1 Å². The lowest BCUT2D eigenvalue weighted by Crippen LogP contribution is -2.28. The van der Waals surface area contributed by atoms with Gasteiger partial charge in [0.1, 0.15) is 23.0 Å². The smallest absolute Gasteiger partial charge is 0.171 e. The zero-order valence-electron chi connectivity index (χ0n) is 21.0. The molecule has 0 bridgehead atoms. The van der Waals surface area contributed by atoms with Gasteiger partial charge >= 0.3 is 0 Å². The van der Waals surface area contributed by atoms with Crippen molar-refractivity contribution in [1.29, 1.82) is 0 Å². The molecule has 0 atom stereocenters. The van der Waals surface area contributed by atoms with Crippen molar-refractivity contribution in [3.05, 3.63) is 64.2 Å². The summed E-state index contributed by atoms with van der Waals surface area (Å²) in [6, 6.07) is 11.5. The fourth-order valence-corrected chi connectivity index (χ4v) is 7.84. The Bertz CT molecular complexity index is 1140. The van der Waals surface area contributed by atoms with Crippen LogP contribution in [0.25, 0.3) is 0 Å². The van der Waals surface area contributed by atoms with E-state index >= 15 is 4.57 Å². The molecule has 0 aliphatic carbocycles. The maximum absolute atomic E-state index is 15.4. The van der Waals surface area contributed by atoms with Gasteiger partial charge in [-0.3, -0.25) is 0 Å². The summed E-state index contributed by atoms with van der Waals surface area (Å²) in [5.74, 6) is 2.82. The summed E-state index contributed by atoms with van der Waals surface area (Å²) < 4.78 is 37.7. The fraction of sp³-hybridized carbons (Fsp3) is 0.333. The summed E-state index contributed by atoms with van der Waals surface area (Å²) in [7, 11) is 3.19. The Morgan fingerprint density at radius 1 is 0.576 bits per heavy atom. The van der Waals surface area contributed by atoms with Gasteiger partial charge in [-0.15, -0.1) is 0 Å². The molecule has 0 aliphatic heterocycles. The summed E-state index contributed by atoms with van der Waals surface area (Å²) in [4.78, 5) is 0. The second-order valence-electron chi connectivity index (χ2n) is 8.31. The zero-order valence-corrected chi connectivity index (χ0v) is 21.8. The van der Waals surface area contributed by atoms with Crippen LogP contribution in [0.15, 0.2) is 36.4 Å². The van der Waals surface area contributed by atoms with Crippen molar-refractivity contribution < 1.29 is 23.5 Å². The van der Waals surface area contributed by atoms with Gasteiger partial charge in [-0.25, -0.2) is 0 Å². The van der Waals surface area contributed by atoms with Crippen LogP contribution in [-0.4, -0.2) is 28.4 Å². The van der Waals surface area contributed by atoms with Crippen LogP contribution in [0, 0.1) is 34.6 Å². The lowest BCUT2D eigenvalue weighted by atomic mass is 10.1. The van der Waals surface area contributed by atoms with E-state index in [4.69, 9.17) is 18.9 Å². The van der Waals surface area contributed by atoms with E-state index in [1.54, 1.807) is 28.4 Å². The van der Waals surface area contributed by atoms with Gasteiger partial charge in [0.15, 0.2) is 7.14 Å². The van der Waals surface area contributed by atoms with Crippen LogP contribution in [-0.2, 0) is 4.57 Å². The molecule has 0 aromatic heterocycles. The molecule has 33 heavy (non-hydrogen) atoms. The van der Waals surface area contributed by atoms with Crippen LogP contribution in [0.4, 0.5) is 0 Å². The lowest BCUT2D eigenvalue weighted by Gasteiger charge is -2.26. The largest absolute Gasteiger partial charge is 0.497 e. The van der Waals surface area contributed by atoms with Crippen LogP contribution >= 0.6 is 7.14 Å². The van der Waals surface area contributed by atoms with Crippen molar-refractivity contribution in [2.24, 2.45) is 0 Å². The molecule has 176 valence electrons. The number of aryl methyl sites for hydroxylation is 4. The SMILES string of the molecule is COc1cc(OC)c(C)c(P(=O)(c2cc(C)c(OC)c(C)c2)c2cc(C)c(OC)c(C)c2)c1. The third kappa shape index (κ3) is 4.22. The van der Waals surface area contributed by atoms with Crippen LogP contribution in [0.2, 0.25) is 0 Å². The number of hydrogen-bond acceptors (Lipinski definition) is 5. The van der Waals surface area contributed by atoms with E-state index < -0.39 is 7.14 Å². The van der Waals surface area contributed by atoms with Gasteiger partial charge in [0, 0.05) is 27.5 Å². The molecule has 3 rings (SSSR count). The first-order valence-electron chi connectivity index (χ1n) is 10.8. The normalized spacial score (nSPS) is 11.3. The Balaban J connectivity index is 2.48. The molecule has 3 aromatic carbocycles. The minimum Gasteiger partial charge on any atom is -0.497 e.